The van der Waals surface area contributed by atoms with E-state index in [1.807, 2.05) is 38.3 Å². The second kappa shape index (κ2) is 6.74. The number of nitrogens with one attached hydrogen (secondary N) is 1. The molecule has 6 heteroatoms. The summed E-state index contributed by atoms with van der Waals surface area (Å²) in [6.45, 7) is 4.65. The molecule has 0 radical (unpaired) electrons. The van der Waals surface area contributed by atoms with Gasteiger partial charge in [-0.05, 0) is 24.5 Å². The fourth-order valence-electron chi connectivity index (χ4n) is 3.39. The average Bonchev–Trinajstić information content (AvgIpc) is 3.19. The molecule has 0 aromatic carbocycles. The van der Waals surface area contributed by atoms with Crippen molar-refractivity contribution in [3.8, 4) is 0 Å². The van der Waals surface area contributed by atoms with Crippen LogP contribution in [-0.2, 0) is 11.3 Å². The summed E-state index contributed by atoms with van der Waals surface area (Å²) in [6, 6.07) is 4.15. The molecule has 2 fully saturated rings. The molecule has 0 amide bonds. The van der Waals surface area contributed by atoms with Crippen LogP contribution in [0.15, 0.2) is 23.3 Å². The van der Waals surface area contributed by atoms with E-state index < -0.39 is 0 Å². The van der Waals surface area contributed by atoms with Crippen LogP contribution in [-0.4, -0.2) is 63.3 Å². The van der Waals surface area contributed by atoms with Gasteiger partial charge in [0.05, 0.1) is 6.61 Å². The maximum Gasteiger partial charge on any atom is 0.193 e. The lowest BCUT2D eigenvalue weighted by Gasteiger charge is -2.25. The molecular weight excluding hydrogens is 290 g/mol. The molecule has 1 atom stereocenters. The number of anilines is 1. The number of likely N-dealkylation sites (tertiary alicyclic amines) is 1. The monoisotopic (exact) mass is 317 g/mol. The highest BCUT2D eigenvalue weighted by Gasteiger charge is 2.42. The zero-order valence-corrected chi connectivity index (χ0v) is 14.4. The molecule has 1 spiro atoms. The SMILES string of the molecule is CN=C(NCc1ccc(N(C)C)nc1)N1CCC2(CCOC2)C1. The molecule has 1 aromatic rings. The van der Waals surface area contributed by atoms with Gasteiger partial charge in [-0.3, -0.25) is 4.99 Å². The summed E-state index contributed by atoms with van der Waals surface area (Å²) >= 11 is 0. The number of guanidine groups is 1. The fourth-order valence-corrected chi connectivity index (χ4v) is 3.39. The summed E-state index contributed by atoms with van der Waals surface area (Å²) in [6.07, 6.45) is 4.30. The lowest BCUT2D eigenvalue weighted by Crippen LogP contribution is -2.41. The van der Waals surface area contributed by atoms with Crippen molar-refractivity contribution in [3.05, 3.63) is 23.9 Å². The van der Waals surface area contributed by atoms with Crippen molar-refractivity contribution in [1.82, 2.24) is 15.2 Å². The second-order valence-electron chi connectivity index (χ2n) is 6.79. The van der Waals surface area contributed by atoms with Crippen LogP contribution in [0.3, 0.4) is 0 Å². The number of rotatable bonds is 3. The normalized spacial score (nSPS) is 24.5. The van der Waals surface area contributed by atoms with E-state index in [1.54, 1.807) is 0 Å². The first-order chi connectivity index (χ1) is 11.1. The van der Waals surface area contributed by atoms with Gasteiger partial charge in [0.15, 0.2) is 5.96 Å². The summed E-state index contributed by atoms with van der Waals surface area (Å²) in [5, 5.41) is 3.46. The minimum Gasteiger partial charge on any atom is -0.381 e. The van der Waals surface area contributed by atoms with Crippen molar-refractivity contribution in [2.45, 2.75) is 19.4 Å². The Labute approximate surface area is 138 Å². The predicted octanol–water partition coefficient (Wildman–Crippen LogP) is 1.34. The molecule has 2 aliphatic rings. The van der Waals surface area contributed by atoms with Crippen molar-refractivity contribution in [1.29, 1.82) is 0 Å². The van der Waals surface area contributed by atoms with Gasteiger partial charge in [-0.2, -0.15) is 0 Å². The van der Waals surface area contributed by atoms with Gasteiger partial charge in [-0.15, -0.1) is 0 Å². The lowest BCUT2D eigenvalue weighted by molar-refractivity contribution is 0.156. The Balaban J connectivity index is 1.56. The summed E-state index contributed by atoms with van der Waals surface area (Å²) in [4.78, 5) is 13.3. The van der Waals surface area contributed by atoms with Gasteiger partial charge < -0.3 is 19.9 Å². The van der Waals surface area contributed by atoms with Crippen LogP contribution < -0.4 is 10.2 Å². The highest BCUT2D eigenvalue weighted by atomic mass is 16.5. The number of pyridine rings is 1. The van der Waals surface area contributed by atoms with Gasteiger partial charge in [0.2, 0.25) is 0 Å². The first-order valence-corrected chi connectivity index (χ1v) is 8.27. The second-order valence-corrected chi connectivity index (χ2v) is 6.79. The topological polar surface area (TPSA) is 53.0 Å². The predicted molar refractivity (Wildman–Crippen MR) is 92.8 cm³/mol. The van der Waals surface area contributed by atoms with Crippen LogP contribution >= 0.6 is 0 Å². The van der Waals surface area contributed by atoms with Crippen LogP contribution in [0.4, 0.5) is 5.82 Å². The van der Waals surface area contributed by atoms with Crippen molar-refractivity contribution in [2.75, 3.05) is 52.3 Å². The Morgan fingerprint density at radius 2 is 2.30 bits per heavy atom. The van der Waals surface area contributed by atoms with Crippen LogP contribution in [0.2, 0.25) is 0 Å². The minimum absolute atomic E-state index is 0.354. The van der Waals surface area contributed by atoms with Gasteiger partial charge in [-0.25, -0.2) is 4.98 Å². The van der Waals surface area contributed by atoms with E-state index in [-0.39, 0.29) is 0 Å². The number of aromatic nitrogens is 1. The molecule has 0 bridgehead atoms. The fraction of sp³-hybridized carbons (Fsp3) is 0.647. The van der Waals surface area contributed by atoms with Crippen LogP contribution in [0.1, 0.15) is 18.4 Å². The zero-order chi connectivity index (χ0) is 16.3. The number of aliphatic imine (C=N–C) groups is 1. The third-order valence-electron chi connectivity index (χ3n) is 4.85. The first-order valence-electron chi connectivity index (χ1n) is 8.27. The van der Waals surface area contributed by atoms with E-state index in [0.717, 1.165) is 50.2 Å². The largest absolute Gasteiger partial charge is 0.381 e. The van der Waals surface area contributed by atoms with Crippen molar-refractivity contribution >= 4 is 11.8 Å². The zero-order valence-electron chi connectivity index (χ0n) is 14.4. The molecule has 6 nitrogen and oxygen atoms in total. The van der Waals surface area contributed by atoms with E-state index >= 15 is 0 Å². The molecule has 1 N–H and O–H groups in total. The van der Waals surface area contributed by atoms with Crippen molar-refractivity contribution in [2.24, 2.45) is 10.4 Å². The molecule has 126 valence electrons. The number of hydrogen-bond acceptors (Lipinski definition) is 4. The van der Waals surface area contributed by atoms with Gasteiger partial charge >= 0.3 is 0 Å². The molecule has 1 unspecified atom stereocenters. The number of ether oxygens (including phenoxy) is 1. The maximum absolute atomic E-state index is 5.60. The molecule has 3 rings (SSSR count). The molecule has 0 saturated carbocycles. The number of nitrogens with zero attached hydrogens (tertiary/aromatic N) is 4. The Kier molecular flexibility index (Phi) is 4.71. The molecule has 1 aromatic heterocycles. The Morgan fingerprint density at radius 1 is 1.43 bits per heavy atom. The van der Waals surface area contributed by atoms with Crippen LogP contribution in [0.25, 0.3) is 0 Å². The van der Waals surface area contributed by atoms with E-state index in [0.29, 0.717) is 5.41 Å². The first kappa shape index (κ1) is 16.1. The van der Waals surface area contributed by atoms with E-state index in [2.05, 4.69) is 26.3 Å². The summed E-state index contributed by atoms with van der Waals surface area (Å²) in [5.41, 5.74) is 1.52. The molecule has 2 saturated heterocycles. The van der Waals surface area contributed by atoms with Crippen molar-refractivity contribution < 1.29 is 4.74 Å². The Morgan fingerprint density at radius 3 is 2.91 bits per heavy atom. The molecule has 3 heterocycles. The summed E-state index contributed by atoms with van der Waals surface area (Å²) in [7, 11) is 5.85. The molecule has 2 aliphatic heterocycles. The third-order valence-corrected chi connectivity index (χ3v) is 4.85. The molecular formula is C17H27N5O. The van der Waals surface area contributed by atoms with Gasteiger partial charge in [-0.1, -0.05) is 6.07 Å². The standard InChI is InChI=1S/C17H27N5O/c1-18-16(22-8-6-17(12-22)7-9-23-13-17)20-11-14-4-5-15(19-10-14)21(2)3/h4-5,10H,6-9,11-13H2,1-3H3,(H,18,20). The highest BCUT2D eigenvalue weighted by Crippen LogP contribution is 2.38. The smallest absolute Gasteiger partial charge is 0.193 e. The van der Waals surface area contributed by atoms with Gasteiger partial charge in [0.1, 0.15) is 5.82 Å². The van der Waals surface area contributed by atoms with Crippen LogP contribution in [0.5, 0.6) is 0 Å². The van der Waals surface area contributed by atoms with E-state index in [1.165, 1.54) is 12.8 Å². The van der Waals surface area contributed by atoms with Crippen LogP contribution in [0, 0.1) is 5.41 Å². The quantitative estimate of drug-likeness (QED) is 0.673. The summed E-state index contributed by atoms with van der Waals surface area (Å²) in [5.74, 6) is 1.95. The van der Waals surface area contributed by atoms with Gasteiger partial charge in [0, 0.05) is 59.0 Å². The average molecular weight is 317 g/mol. The van der Waals surface area contributed by atoms with E-state index in [4.69, 9.17) is 4.74 Å². The van der Waals surface area contributed by atoms with E-state index in [9.17, 15) is 0 Å². The Hall–Kier alpha value is -1.82. The highest BCUT2D eigenvalue weighted by molar-refractivity contribution is 5.80. The third kappa shape index (κ3) is 3.58. The molecule has 23 heavy (non-hydrogen) atoms. The maximum atomic E-state index is 5.60. The molecule has 0 aliphatic carbocycles. The van der Waals surface area contributed by atoms with Gasteiger partial charge in [0.25, 0.3) is 0 Å². The number of hydrogen-bond donors (Lipinski definition) is 1. The van der Waals surface area contributed by atoms with Crippen molar-refractivity contribution in [3.63, 3.8) is 0 Å². The minimum atomic E-state index is 0.354. The Bertz CT molecular complexity index is 549. The lowest BCUT2D eigenvalue weighted by atomic mass is 9.87. The summed E-state index contributed by atoms with van der Waals surface area (Å²) < 4.78 is 5.60.